The molecule has 2 heterocycles. The highest BCUT2D eigenvalue weighted by Crippen LogP contribution is 2.17. The highest BCUT2D eigenvalue weighted by molar-refractivity contribution is 6.03. The predicted octanol–water partition coefficient (Wildman–Crippen LogP) is 3.64. The Bertz CT molecular complexity index is 935. The van der Waals surface area contributed by atoms with Crippen LogP contribution in [0.1, 0.15) is 40.6 Å². The molecule has 0 aliphatic carbocycles. The first-order chi connectivity index (χ1) is 13.5. The smallest absolute Gasteiger partial charge is 0.274 e. The third-order valence-corrected chi connectivity index (χ3v) is 3.70. The zero-order chi connectivity index (χ0) is 19.9. The second-order valence-corrected chi connectivity index (χ2v) is 6.32. The maximum Gasteiger partial charge on any atom is 0.274 e. The Kier molecular flexibility index (Phi) is 6.06. The van der Waals surface area contributed by atoms with Crippen molar-refractivity contribution in [3.8, 4) is 5.75 Å². The molecule has 0 aliphatic heterocycles. The minimum atomic E-state index is -0.404. The molecule has 144 valence electrons. The summed E-state index contributed by atoms with van der Waals surface area (Å²) in [6, 6.07) is 15.3. The number of carbonyl (C=O) groups excluding carboxylic acids is 2. The van der Waals surface area contributed by atoms with Crippen LogP contribution in [0.3, 0.4) is 0 Å². The number of carbonyl (C=O) groups is 2. The summed E-state index contributed by atoms with van der Waals surface area (Å²) in [6.45, 7) is 4.13. The number of hydrogen-bond acceptors (Lipinski definition) is 5. The second kappa shape index (κ2) is 8.85. The van der Waals surface area contributed by atoms with Gasteiger partial charge in [0.05, 0.1) is 18.9 Å². The lowest BCUT2D eigenvalue weighted by Gasteiger charge is -2.10. The number of furan rings is 1. The largest absolute Gasteiger partial charge is 0.491 e. The van der Waals surface area contributed by atoms with E-state index in [0.717, 1.165) is 5.75 Å². The van der Waals surface area contributed by atoms with Crippen molar-refractivity contribution in [3.63, 3.8) is 0 Å². The van der Waals surface area contributed by atoms with Crippen molar-refractivity contribution in [2.75, 3.05) is 5.32 Å². The molecule has 0 atom stereocenters. The maximum absolute atomic E-state index is 12.4. The van der Waals surface area contributed by atoms with Crippen molar-refractivity contribution in [2.24, 2.45) is 0 Å². The van der Waals surface area contributed by atoms with E-state index in [1.165, 1.54) is 6.26 Å². The van der Waals surface area contributed by atoms with Crippen molar-refractivity contribution >= 4 is 17.5 Å². The Hall–Kier alpha value is -3.61. The first kappa shape index (κ1) is 19.2. The van der Waals surface area contributed by atoms with Crippen LogP contribution in [0.15, 0.2) is 65.3 Å². The van der Waals surface area contributed by atoms with Gasteiger partial charge in [0, 0.05) is 5.69 Å². The van der Waals surface area contributed by atoms with Gasteiger partial charge >= 0.3 is 0 Å². The molecular weight excluding hydrogens is 358 g/mol. The van der Waals surface area contributed by atoms with Crippen LogP contribution in [0.4, 0.5) is 5.69 Å². The van der Waals surface area contributed by atoms with E-state index in [2.05, 4.69) is 15.6 Å². The monoisotopic (exact) mass is 379 g/mol. The highest BCUT2D eigenvalue weighted by Gasteiger charge is 2.13. The molecule has 0 spiro atoms. The first-order valence-corrected chi connectivity index (χ1v) is 8.87. The number of anilines is 1. The molecule has 28 heavy (non-hydrogen) atoms. The molecule has 0 radical (unpaired) electrons. The van der Waals surface area contributed by atoms with Gasteiger partial charge in [-0.2, -0.15) is 0 Å². The van der Waals surface area contributed by atoms with Crippen LogP contribution in [-0.2, 0) is 6.54 Å². The number of benzene rings is 1. The minimum absolute atomic E-state index is 0.0753. The first-order valence-electron chi connectivity index (χ1n) is 8.87. The third-order valence-electron chi connectivity index (χ3n) is 3.70. The highest BCUT2D eigenvalue weighted by atomic mass is 16.5. The number of nitrogens with one attached hydrogen (secondary N) is 2. The van der Waals surface area contributed by atoms with Gasteiger partial charge in [0.25, 0.3) is 11.8 Å². The summed E-state index contributed by atoms with van der Waals surface area (Å²) < 4.78 is 10.7. The van der Waals surface area contributed by atoms with Gasteiger partial charge in [0.15, 0.2) is 0 Å². The van der Waals surface area contributed by atoms with Crippen LogP contribution in [0.25, 0.3) is 0 Å². The zero-order valence-corrected chi connectivity index (χ0v) is 15.6. The molecule has 1 aromatic carbocycles. The number of amides is 2. The average molecular weight is 379 g/mol. The quantitative estimate of drug-likeness (QED) is 0.654. The van der Waals surface area contributed by atoms with E-state index in [1.54, 1.807) is 54.6 Å². The molecule has 0 aliphatic rings. The van der Waals surface area contributed by atoms with Crippen molar-refractivity contribution < 1.29 is 18.7 Å². The van der Waals surface area contributed by atoms with Gasteiger partial charge < -0.3 is 19.8 Å². The Labute approximate surface area is 162 Å². The van der Waals surface area contributed by atoms with E-state index >= 15 is 0 Å². The Morgan fingerprint density at radius 3 is 2.36 bits per heavy atom. The van der Waals surface area contributed by atoms with E-state index in [1.807, 2.05) is 13.8 Å². The molecule has 0 saturated carbocycles. The molecule has 7 heteroatoms. The summed E-state index contributed by atoms with van der Waals surface area (Å²) in [5.74, 6) is 0.563. The summed E-state index contributed by atoms with van der Waals surface area (Å²) in [7, 11) is 0. The standard InChI is InChI=1S/C21H21N3O4/c1-14(2)28-16-10-8-15(9-11-16)23-21(26)19-7-3-6-18(24-19)20(25)22-13-17-5-4-12-27-17/h3-12,14H,13H2,1-2H3,(H,22,25)(H,23,26). The fourth-order valence-corrected chi connectivity index (χ4v) is 2.44. The second-order valence-electron chi connectivity index (χ2n) is 6.32. The molecule has 3 rings (SSSR count). The predicted molar refractivity (Wildman–Crippen MR) is 104 cm³/mol. The van der Waals surface area contributed by atoms with E-state index in [9.17, 15) is 9.59 Å². The molecule has 2 N–H and O–H groups in total. The molecular formula is C21H21N3O4. The van der Waals surface area contributed by atoms with Gasteiger partial charge in [0.2, 0.25) is 0 Å². The zero-order valence-electron chi connectivity index (χ0n) is 15.6. The van der Waals surface area contributed by atoms with Crippen LogP contribution < -0.4 is 15.4 Å². The molecule has 0 unspecified atom stereocenters. The fraction of sp³-hybridized carbons (Fsp3) is 0.190. The fourth-order valence-electron chi connectivity index (χ4n) is 2.44. The Morgan fingerprint density at radius 2 is 1.71 bits per heavy atom. The molecule has 3 aromatic rings. The van der Waals surface area contributed by atoms with Crippen molar-refractivity contribution in [1.29, 1.82) is 0 Å². The van der Waals surface area contributed by atoms with Crippen LogP contribution in [0.2, 0.25) is 0 Å². The molecule has 2 aromatic heterocycles. The van der Waals surface area contributed by atoms with E-state index in [0.29, 0.717) is 11.4 Å². The summed E-state index contributed by atoms with van der Waals surface area (Å²) in [5.41, 5.74) is 0.906. The summed E-state index contributed by atoms with van der Waals surface area (Å²) in [6.07, 6.45) is 1.61. The van der Waals surface area contributed by atoms with E-state index in [4.69, 9.17) is 9.15 Å². The van der Waals surface area contributed by atoms with E-state index < -0.39 is 5.91 Å². The lowest BCUT2D eigenvalue weighted by molar-refractivity contribution is 0.0943. The van der Waals surface area contributed by atoms with Crippen molar-refractivity contribution in [3.05, 3.63) is 78.0 Å². The number of ether oxygens (including phenoxy) is 1. The number of hydrogen-bond donors (Lipinski definition) is 2. The van der Waals surface area contributed by atoms with Gasteiger partial charge in [-0.3, -0.25) is 9.59 Å². The topological polar surface area (TPSA) is 93.5 Å². The normalized spacial score (nSPS) is 10.5. The Balaban J connectivity index is 1.62. The van der Waals surface area contributed by atoms with Crippen molar-refractivity contribution in [1.82, 2.24) is 10.3 Å². The number of rotatable bonds is 7. The molecule has 7 nitrogen and oxygen atoms in total. The van der Waals surface area contributed by atoms with Gasteiger partial charge in [-0.15, -0.1) is 0 Å². The molecule has 0 saturated heterocycles. The lowest BCUT2D eigenvalue weighted by atomic mass is 10.2. The summed E-state index contributed by atoms with van der Waals surface area (Å²) in [4.78, 5) is 28.8. The van der Waals surface area contributed by atoms with Gasteiger partial charge in [0.1, 0.15) is 22.9 Å². The van der Waals surface area contributed by atoms with Crippen LogP contribution in [-0.4, -0.2) is 22.9 Å². The molecule has 0 fully saturated rings. The SMILES string of the molecule is CC(C)Oc1ccc(NC(=O)c2cccc(C(=O)NCc3ccco3)n2)cc1. The lowest BCUT2D eigenvalue weighted by Crippen LogP contribution is -2.24. The average Bonchev–Trinajstić information content (AvgIpc) is 3.21. The molecule has 2 amide bonds. The Morgan fingerprint density at radius 1 is 1.00 bits per heavy atom. The summed E-state index contributed by atoms with van der Waals surface area (Å²) in [5, 5.41) is 5.45. The third kappa shape index (κ3) is 5.20. The number of nitrogens with zero attached hydrogens (tertiary/aromatic N) is 1. The number of aromatic nitrogens is 1. The summed E-state index contributed by atoms with van der Waals surface area (Å²) >= 11 is 0. The van der Waals surface area contributed by atoms with Crippen LogP contribution in [0, 0.1) is 0 Å². The van der Waals surface area contributed by atoms with Crippen LogP contribution in [0.5, 0.6) is 5.75 Å². The van der Waals surface area contributed by atoms with Crippen molar-refractivity contribution in [2.45, 2.75) is 26.5 Å². The maximum atomic E-state index is 12.4. The minimum Gasteiger partial charge on any atom is -0.491 e. The van der Waals surface area contributed by atoms with E-state index in [-0.39, 0.29) is 29.9 Å². The van der Waals surface area contributed by atoms with Gasteiger partial charge in [-0.05, 0) is 62.4 Å². The number of pyridine rings is 1. The molecule has 0 bridgehead atoms. The van der Waals surface area contributed by atoms with Crippen LogP contribution >= 0.6 is 0 Å². The van der Waals surface area contributed by atoms with Gasteiger partial charge in [-0.25, -0.2) is 4.98 Å². The van der Waals surface area contributed by atoms with Gasteiger partial charge in [-0.1, -0.05) is 6.07 Å².